The van der Waals surface area contributed by atoms with Gasteiger partial charge in [0, 0.05) is 18.2 Å². The van der Waals surface area contributed by atoms with E-state index in [4.69, 9.17) is 9.47 Å². The zero-order valence-corrected chi connectivity index (χ0v) is 19.0. The summed E-state index contributed by atoms with van der Waals surface area (Å²) in [7, 11) is -3.79. The molecule has 0 fully saturated rings. The van der Waals surface area contributed by atoms with Crippen molar-refractivity contribution in [3.05, 3.63) is 66.0 Å². The van der Waals surface area contributed by atoms with Gasteiger partial charge in [0.2, 0.25) is 15.9 Å². The Bertz CT molecular complexity index is 1130. The summed E-state index contributed by atoms with van der Waals surface area (Å²) in [5, 5.41) is 8.04. The van der Waals surface area contributed by atoms with Crippen LogP contribution in [0.25, 0.3) is 11.3 Å². The molecule has 0 aliphatic rings. The van der Waals surface area contributed by atoms with Gasteiger partial charge in [0.1, 0.15) is 23.1 Å². The minimum absolute atomic E-state index is 0.0429. The lowest BCUT2D eigenvalue weighted by Crippen LogP contribution is -2.29. The Morgan fingerprint density at radius 2 is 1.75 bits per heavy atom. The first kappa shape index (κ1) is 23.6. The number of rotatable bonds is 10. The summed E-state index contributed by atoms with van der Waals surface area (Å²) in [5.74, 6) is 0.423. The maximum atomic E-state index is 13.0. The van der Waals surface area contributed by atoms with Crippen LogP contribution >= 0.6 is 0 Å². The van der Waals surface area contributed by atoms with Gasteiger partial charge in [-0.15, -0.1) is 10.2 Å². The number of hydrogen-bond donors (Lipinski definition) is 1. The van der Waals surface area contributed by atoms with Crippen LogP contribution in [0.5, 0.6) is 11.6 Å². The normalized spacial score (nSPS) is 11.5. The van der Waals surface area contributed by atoms with E-state index in [1.54, 1.807) is 43.3 Å². The molecule has 3 aromatic rings. The second-order valence-corrected chi connectivity index (χ2v) is 9.04. The number of aromatic nitrogens is 2. The van der Waals surface area contributed by atoms with E-state index in [1.165, 1.54) is 12.1 Å². The van der Waals surface area contributed by atoms with Crippen molar-refractivity contribution in [1.82, 2.24) is 14.9 Å². The Hall–Kier alpha value is -3.04. The van der Waals surface area contributed by atoms with Crippen molar-refractivity contribution in [2.45, 2.75) is 31.6 Å². The predicted octanol–water partition coefficient (Wildman–Crippen LogP) is 4.16. The zero-order chi connectivity index (χ0) is 23.1. The first-order chi connectivity index (χ1) is 15.3. The monoisotopic (exact) mass is 459 g/mol. The third kappa shape index (κ3) is 6.02. The molecule has 0 aliphatic carbocycles. The van der Waals surface area contributed by atoms with Crippen molar-refractivity contribution in [2.24, 2.45) is 0 Å². The van der Waals surface area contributed by atoms with Crippen LogP contribution in [-0.2, 0) is 10.0 Å². The molecule has 2 aromatic carbocycles. The molecule has 7 nitrogen and oxygen atoms in total. The molecule has 1 N–H and O–H groups in total. The molecular formula is C23H26FN3O4S. The Labute approximate surface area is 187 Å². The van der Waals surface area contributed by atoms with Gasteiger partial charge in [-0.1, -0.05) is 19.9 Å². The molecule has 0 saturated carbocycles. The molecule has 0 spiro atoms. The van der Waals surface area contributed by atoms with E-state index in [2.05, 4.69) is 14.9 Å². The molecule has 0 unspecified atom stereocenters. The Kier molecular flexibility index (Phi) is 7.76. The minimum atomic E-state index is -3.79. The molecule has 0 bridgehead atoms. The second-order valence-electron chi connectivity index (χ2n) is 7.30. The summed E-state index contributed by atoms with van der Waals surface area (Å²) in [6, 6.07) is 14.4. The number of nitrogens with zero attached hydrogens (tertiary/aromatic N) is 2. The number of hydrogen-bond acceptors (Lipinski definition) is 6. The van der Waals surface area contributed by atoms with E-state index >= 15 is 0 Å². The fourth-order valence-corrected chi connectivity index (χ4v) is 4.14. The maximum Gasteiger partial charge on any atom is 0.244 e. The molecule has 0 amide bonds. The first-order valence-corrected chi connectivity index (χ1v) is 11.8. The molecule has 0 saturated heterocycles. The van der Waals surface area contributed by atoms with Crippen molar-refractivity contribution < 1.29 is 22.3 Å². The van der Waals surface area contributed by atoms with Gasteiger partial charge in [-0.05, 0) is 60.9 Å². The Morgan fingerprint density at radius 1 is 1.00 bits per heavy atom. The number of sulfonamides is 1. The number of nitrogens with one attached hydrogen (secondary N) is 1. The molecular weight excluding hydrogens is 433 g/mol. The highest BCUT2D eigenvalue weighted by Gasteiger charge is 2.21. The van der Waals surface area contributed by atoms with Gasteiger partial charge < -0.3 is 9.47 Å². The van der Waals surface area contributed by atoms with Gasteiger partial charge in [0.15, 0.2) is 0 Å². The average molecular weight is 460 g/mol. The van der Waals surface area contributed by atoms with E-state index in [0.29, 0.717) is 18.1 Å². The van der Waals surface area contributed by atoms with E-state index in [9.17, 15) is 12.8 Å². The summed E-state index contributed by atoms with van der Waals surface area (Å²) in [6.07, 6.45) is 0. The minimum Gasteiger partial charge on any atom is -0.492 e. The Balaban J connectivity index is 1.60. The average Bonchev–Trinajstić information content (AvgIpc) is 2.78. The summed E-state index contributed by atoms with van der Waals surface area (Å²) >= 11 is 0. The second kappa shape index (κ2) is 10.5. The van der Waals surface area contributed by atoms with E-state index in [0.717, 1.165) is 11.1 Å². The highest BCUT2D eigenvalue weighted by molar-refractivity contribution is 7.89. The maximum absolute atomic E-state index is 13.0. The highest BCUT2D eigenvalue weighted by atomic mass is 32.2. The number of halogens is 1. The van der Waals surface area contributed by atoms with Crippen molar-refractivity contribution in [1.29, 1.82) is 0 Å². The van der Waals surface area contributed by atoms with Crippen molar-refractivity contribution >= 4 is 10.0 Å². The van der Waals surface area contributed by atoms with Gasteiger partial charge in [0.05, 0.1) is 12.3 Å². The summed E-state index contributed by atoms with van der Waals surface area (Å²) in [4.78, 5) is 0.106. The van der Waals surface area contributed by atoms with Crippen molar-refractivity contribution in [2.75, 3.05) is 19.8 Å². The van der Waals surface area contributed by atoms with Gasteiger partial charge >= 0.3 is 0 Å². The van der Waals surface area contributed by atoms with Gasteiger partial charge in [-0.2, -0.15) is 0 Å². The third-order valence-electron chi connectivity index (χ3n) is 4.65. The van der Waals surface area contributed by atoms with Crippen LogP contribution in [0.15, 0.2) is 59.5 Å². The van der Waals surface area contributed by atoms with Crippen LogP contribution in [0, 0.1) is 5.82 Å². The van der Waals surface area contributed by atoms with E-state index in [1.807, 2.05) is 19.9 Å². The zero-order valence-electron chi connectivity index (χ0n) is 18.2. The fourth-order valence-electron chi connectivity index (χ4n) is 2.95. The quantitative estimate of drug-likeness (QED) is 0.458. The van der Waals surface area contributed by atoms with E-state index in [-0.39, 0.29) is 35.7 Å². The lowest BCUT2D eigenvalue weighted by molar-refractivity contribution is 0.306. The third-order valence-corrected chi connectivity index (χ3v) is 6.13. The molecule has 1 heterocycles. The smallest absolute Gasteiger partial charge is 0.244 e. The lowest BCUT2D eigenvalue weighted by atomic mass is 10.0. The fraction of sp³-hybridized carbons (Fsp3) is 0.304. The molecule has 170 valence electrons. The molecule has 32 heavy (non-hydrogen) atoms. The van der Waals surface area contributed by atoms with Crippen LogP contribution in [-0.4, -0.2) is 38.4 Å². The van der Waals surface area contributed by atoms with Crippen molar-refractivity contribution in [3.63, 3.8) is 0 Å². The van der Waals surface area contributed by atoms with Crippen LogP contribution in [0.2, 0.25) is 0 Å². The molecule has 1 aromatic heterocycles. The highest BCUT2D eigenvalue weighted by Crippen LogP contribution is 2.28. The molecule has 0 aliphatic heterocycles. The topological polar surface area (TPSA) is 90.4 Å². The first-order valence-electron chi connectivity index (χ1n) is 10.3. The molecule has 0 radical (unpaired) electrons. The largest absolute Gasteiger partial charge is 0.492 e. The summed E-state index contributed by atoms with van der Waals surface area (Å²) in [5.41, 5.74) is 2.21. The van der Waals surface area contributed by atoms with Gasteiger partial charge in [0.25, 0.3) is 0 Å². The van der Waals surface area contributed by atoms with Crippen molar-refractivity contribution in [3.8, 4) is 22.9 Å². The molecule has 3 rings (SSSR count). The number of ether oxygens (including phenoxy) is 2. The van der Waals surface area contributed by atoms with Crippen LogP contribution in [0.4, 0.5) is 4.39 Å². The van der Waals surface area contributed by atoms with Gasteiger partial charge in [-0.3, -0.25) is 0 Å². The summed E-state index contributed by atoms with van der Waals surface area (Å²) in [6.45, 7) is 6.26. The Morgan fingerprint density at radius 3 is 2.38 bits per heavy atom. The standard InChI is InChI=1S/C23H26FN3O4S/c1-4-30-21-11-7-18(16(2)3)15-22(21)32(28,29)25-13-14-31-23-12-10-20(26-27-23)17-5-8-19(24)9-6-17/h5-12,15-16,25H,4,13-14H2,1-3H3. The number of benzene rings is 2. The lowest BCUT2D eigenvalue weighted by Gasteiger charge is -2.15. The summed E-state index contributed by atoms with van der Waals surface area (Å²) < 4.78 is 52.2. The van der Waals surface area contributed by atoms with Crippen LogP contribution in [0.1, 0.15) is 32.3 Å². The van der Waals surface area contributed by atoms with Crippen LogP contribution < -0.4 is 14.2 Å². The SMILES string of the molecule is CCOc1ccc(C(C)C)cc1S(=O)(=O)NCCOc1ccc(-c2ccc(F)cc2)nn1. The molecule has 9 heteroatoms. The molecule has 0 atom stereocenters. The predicted molar refractivity (Wildman–Crippen MR) is 120 cm³/mol. The van der Waals surface area contributed by atoms with E-state index < -0.39 is 10.0 Å². The van der Waals surface area contributed by atoms with Gasteiger partial charge in [-0.25, -0.2) is 17.5 Å². The van der Waals surface area contributed by atoms with Crippen LogP contribution in [0.3, 0.4) is 0 Å².